The molecule has 14 heteroatoms. The van der Waals surface area contributed by atoms with Crippen LogP contribution in [-0.4, -0.2) is 51.5 Å². The van der Waals surface area contributed by atoms with Gasteiger partial charge in [0.25, 0.3) is 17.7 Å². The van der Waals surface area contributed by atoms with Crippen molar-refractivity contribution in [2.75, 3.05) is 16.9 Å². The third-order valence-electron chi connectivity index (χ3n) is 10.9. The van der Waals surface area contributed by atoms with Gasteiger partial charge >= 0.3 is 0 Å². The van der Waals surface area contributed by atoms with Crippen LogP contribution in [0.5, 0.6) is 5.75 Å². The Kier molecular flexibility index (Phi) is 13.6. The number of halogens is 3. The summed E-state index contributed by atoms with van der Waals surface area (Å²) in [5.74, 6) is -1.45. The van der Waals surface area contributed by atoms with E-state index in [9.17, 15) is 14.4 Å². The number of thiocarbonyl (C=S) groups is 1. The van der Waals surface area contributed by atoms with Crippen LogP contribution in [0.1, 0.15) is 102 Å². The van der Waals surface area contributed by atoms with E-state index in [0.717, 1.165) is 29.8 Å². The Balaban J connectivity index is 1.39. The first-order valence-electron chi connectivity index (χ1n) is 18.5. The van der Waals surface area contributed by atoms with Crippen LogP contribution in [0.2, 0.25) is 15.1 Å². The summed E-state index contributed by atoms with van der Waals surface area (Å²) >= 11 is 29.0. The number of anilines is 2. The molecule has 0 aliphatic carbocycles. The van der Waals surface area contributed by atoms with Gasteiger partial charge in [0.2, 0.25) is 0 Å². The van der Waals surface area contributed by atoms with E-state index in [1.165, 1.54) is 17.7 Å². The second-order valence-electron chi connectivity index (χ2n) is 15.2. The van der Waals surface area contributed by atoms with E-state index in [4.69, 9.17) is 51.8 Å². The van der Waals surface area contributed by atoms with Gasteiger partial charge < -0.3 is 20.3 Å². The van der Waals surface area contributed by atoms with Gasteiger partial charge in [0.15, 0.2) is 6.10 Å². The van der Waals surface area contributed by atoms with Crippen LogP contribution in [0.15, 0.2) is 59.7 Å². The number of nitrogens with zero attached hydrogens (tertiary/aromatic N) is 3. The number of amidine groups is 1. The number of hydrazone groups is 1. The lowest BCUT2D eigenvalue weighted by atomic mass is 9.76. The van der Waals surface area contributed by atoms with Crippen molar-refractivity contribution in [3.63, 3.8) is 0 Å². The third kappa shape index (κ3) is 9.28. The van der Waals surface area contributed by atoms with E-state index in [1.54, 1.807) is 24.3 Å². The number of rotatable bonds is 12. The largest absolute Gasteiger partial charge is 0.480 e. The lowest BCUT2D eigenvalue weighted by Crippen LogP contribution is -2.48. The van der Waals surface area contributed by atoms with E-state index in [1.807, 2.05) is 17.9 Å². The van der Waals surface area contributed by atoms with Crippen LogP contribution in [0, 0.1) is 5.92 Å². The number of likely N-dealkylation sites (tertiary alicyclic amines) is 1. The van der Waals surface area contributed by atoms with Crippen molar-refractivity contribution >= 4 is 98.9 Å². The second-order valence-corrected chi connectivity index (χ2v) is 17.6. The first-order chi connectivity index (χ1) is 25.9. The molecule has 9 nitrogen and oxygen atoms in total. The standard InChI is InChI=1S/C41H48Cl3N5O4S2/c1-8-31(53-32-17-16-24(40(4,5)9-2)20-27(32)41(6,7)10-3)37(51)45-26-14-11-13-23(19-26)36(50)46-35-33(30-15-12-18-48(30)39(54)55)38(52)49(47-35)34-28(43)21-25(42)22-29(34)44/h11,13-14,16-17,19-22,30-31,33H,8-10,12,15,18H2,1-7H3,(H,45,51)(H,54,55)(H,46,47,50). The molecule has 0 radical (unpaired) electrons. The fourth-order valence-electron chi connectivity index (χ4n) is 6.79. The lowest BCUT2D eigenvalue weighted by molar-refractivity contribution is -0.123. The first kappa shape index (κ1) is 42.8. The Morgan fingerprint density at radius 3 is 2.27 bits per heavy atom. The van der Waals surface area contributed by atoms with Crippen LogP contribution in [0.3, 0.4) is 0 Å². The van der Waals surface area contributed by atoms with Crippen LogP contribution < -0.4 is 20.4 Å². The average Bonchev–Trinajstić information content (AvgIpc) is 3.74. The Morgan fingerprint density at radius 2 is 1.65 bits per heavy atom. The van der Waals surface area contributed by atoms with Crippen molar-refractivity contribution in [1.82, 2.24) is 10.2 Å². The van der Waals surface area contributed by atoms with Crippen LogP contribution >= 0.6 is 59.6 Å². The highest BCUT2D eigenvalue weighted by Gasteiger charge is 2.47. The number of hydrogen-bond acceptors (Lipinski definition) is 6. The molecule has 3 atom stereocenters. The van der Waals surface area contributed by atoms with Gasteiger partial charge in [-0.1, -0.05) is 114 Å². The number of ether oxygens (including phenoxy) is 1. The fourth-order valence-corrected chi connectivity index (χ4v) is 8.25. The van der Waals surface area contributed by atoms with E-state index in [2.05, 4.69) is 82.0 Å². The first-order valence-corrected chi connectivity index (χ1v) is 20.5. The molecule has 2 aliphatic heterocycles. The van der Waals surface area contributed by atoms with E-state index >= 15 is 0 Å². The Hall–Kier alpha value is -3.35. The zero-order valence-electron chi connectivity index (χ0n) is 32.1. The summed E-state index contributed by atoms with van der Waals surface area (Å²) in [5.41, 5.74) is 2.87. The maximum atomic E-state index is 14.1. The van der Waals surface area contributed by atoms with Crippen molar-refractivity contribution in [2.45, 2.75) is 104 Å². The van der Waals surface area contributed by atoms with Crippen molar-refractivity contribution in [3.8, 4) is 5.75 Å². The highest BCUT2D eigenvalue weighted by Crippen LogP contribution is 2.42. The van der Waals surface area contributed by atoms with Gasteiger partial charge in [0.05, 0.1) is 10.0 Å². The number of amides is 3. The van der Waals surface area contributed by atoms with Gasteiger partial charge in [0.1, 0.15) is 27.5 Å². The van der Waals surface area contributed by atoms with Crippen molar-refractivity contribution in [3.05, 3.63) is 86.4 Å². The van der Waals surface area contributed by atoms with E-state index in [0.29, 0.717) is 40.2 Å². The number of carbonyl (C=O) groups excluding carboxylic acids is 3. The average molecular weight is 845 g/mol. The minimum Gasteiger partial charge on any atom is -0.480 e. The predicted octanol–water partition coefficient (Wildman–Crippen LogP) is 10.2. The van der Waals surface area contributed by atoms with E-state index < -0.39 is 29.9 Å². The molecule has 1 saturated heterocycles. The molecule has 0 saturated carbocycles. The van der Waals surface area contributed by atoms with Gasteiger partial charge in [0, 0.05) is 34.4 Å². The third-order valence-corrected chi connectivity index (χ3v) is 12.2. The van der Waals surface area contributed by atoms with Gasteiger partial charge in [-0.25, -0.2) is 0 Å². The molecule has 2 N–H and O–H groups in total. The molecular formula is C41H48Cl3N5O4S2. The summed E-state index contributed by atoms with van der Waals surface area (Å²) in [6, 6.07) is 15.3. The van der Waals surface area contributed by atoms with Crippen molar-refractivity contribution < 1.29 is 19.1 Å². The molecule has 3 unspecified atom stereocenters. The van der Waals surface area contributed by atoms with Crippen molar-refractivity contribution in [1.29, 1.82) is 0 Å². The SMILES string of the molecule is CCC(Oc1ccc(C(C)(C)CC)cc1C(C)(C)CC)C(=O)Nc1cccc(C(=O)NC2=NN(c3c(Cl)cc(Cl)cc3Cl)C(=O)C2C2CCCN2C(=S)S)c1. The number of hydrogen-bond donors (Lipinski definition) is 3. The summed E-state index contributed by atoms with van der Waals surface area (Å²) in [5, 5.41) is 12.0. The summed E-state index contributed by atoms with van der Waals surface area (Å²) in [4.78, 5) is 43.5. The van der Waals surface area contributed by atoms with Gasteiger partial charge in [-0.3, -0.25) is 14.4 Å². The number of carbonyl (C=O) groups is 3. The zero-order valence-corrected chi connectivity index (χ0v) is 36.1. The summed E-state index contributed by atoms with van der Waals surface area (Å²) < 4.78 is 6.80. The highest BCUT2D eigenvalue weighted by molar-refractivity contribution is 8.10. The summed E-state index contributed by atoms with van der Waals surface area (Å²) in [6.45, 7) is 15.6. The van der Waals surface area contributed by atoms with E-state index in [-0.39, 0.29) is 43.9 Å². The minimum absolute atomic E-state index is 0.00894. The van der Waals surface area contributed by atoms with Crippen molar-refractivity contribution in [2.24, 2.45) is 11.0 Å². The number of nitrogens with one attached hydrogen (secondary N) is 2. The molecule has 2 aliphatic rings. The van der Waals surface area contributed by atoms with Gasteiger partial charge in [-0.05, 0) is 84.9 Å². The molecule has 0 aromatic heterocycles. The quantitative estimate of drug-likeness (QED) is 0.124. The normalized spacial score (nSPS) is 17.9. The highest BCUT2D eigenvalue weighted by atomic mass is 35.5. The van der Waals surface area contributed by atoms with Crippen LogP contribution in [0.4, 0.5) is 11.4 Å². The molecule has 3 aromatic rings. The molecule has 55 heavy (non-hydrogen) atoms. The summed E-state index contributed by atoms with van der Waals surface area (Å²) in [7, 11) is 0. The molecule has 3 amide bonds. The van der Waals surface area contributed by atoms with Gasteiger partial charge in [-0.2, -0.15) is 10.1 Å². The Morgan fingerprint density at radius 1 is 0.982 bits per heavy atom. The molecule has 1 fully saturated rings. The Labute approximate surface area is 349 Å². The van der Waals surface area contributed by atoms with Gasteiger partial charge in [-0.15, -0.1) is 12.6 Å². The predicted molar refractivity (Wildman–Crippen MR) is 232 cm³/mol. The molecule has 294 valence electrons. The minimum atomic E-state index is -0.908. The Bertz CT molecular complexity index is 2000. The summed E-state index contributed by atoms with van der Waals surface area (Å²) in [6.07, 6.45) is 2.88. The zero-order chi connectivity index (χ0) is 40.4. The fraction of sp³-hybridized carbons (Fsp3) is 0.439. The maximum Gasteiger partial charge on any atom is 0.265 e. The van der Waals surface area contributed by atoms with Crippen LogP contribution in [-0.2, 0) is 20.4 Å². The smallest absolute Gasteiger partial charge is 0.265 e. The maximum absolute atomic E-state index is 14.1. The molecule has 0 spiro atoms. The molecule has 3 aromatic carbocycles. The second kappa shape index (κ2) is 17.4. The number of thiol groups is 1. The molecular weight excluding hydrogens is 797 g/mol. The van der Waals surface area contributed by atoms with Crippen LogP contribution in [0.25, 0.3) is 0 Å². The molecule has 5 rings (SSSR count). The molecule has 0 bridgehead atoms. The monoisotopic (exact) mass is 843 g/mol. The lowest BCUT2D eigenvalue weighted by Gasteiger charge is -2.31. The number of benzene rings is 3. The topological polar surface area (TPSA) is 103 Å². The molecule has 2 heterocycles.